The number of hydrogen-bond acceptors (Lipinski definition) is 4. The Morgan fingerprint density at radius 3 is 2.50 bits per heavy atom. The first-order valence-electron chi connectivity index (χ1n) is 6.39. The molecule has 0 radical (unpaired) electrons. The van der Waals surface area contributed by atoms with E-state index in [2.05, 4.69) is 4.72 Å². The lowest BCUT2D eigenvalue weighted by molar-refractivity contribution is 0.110. The normalized spacial score (nSPS) is 13.2. The Morgan fingerprint density at radius 2 is 1.95 bits per heavy atom. The van der Waals surface area contributed by atoms with Gasteiger partial charge in [-0.25, -0.2) is 17.5 Å². The van der Waals surface area contributed by atoms with E-state index in [4.69, 9.17) is 16.3 Å². The quantitative estimate of drug-likeness (QED) is 0.820. The second-order valence-corrected chi connectivity index (χ2v) is 8.15. The molecule has 2 rings (SSSR count). The number of rotatable bonds is 7. The number of sulfonamides is 1. The minimum atomic E-state index is -3.53. The third kappa shape index (κ3) is 5.03. The van der Waals surface area contributed by atoms with E-state index in [1.807, 2.05) is 0 Å². The lowest BCUT2D eigenvalue weighted by atomic mass is 10.2. The Hall–Kier alpha value is -0.990. The molecule has 120 valence electrons. The van der Waals surface area contributed by atoms with Crippen LogP contribution in [0.3, 0.4) is 0 Å². The maximum Gasteiger partial charge on any atom is 0.215 e. The van der Waals surface area contributed by atoms with E-state index in [0.717, 1.165) is 4.88 Å². The third-order valence-electron chi connectivity index (χ3n) is 2.95. The molecule has 0 bridgehead atoms. The summed E-state index contributed by atoms with van der Waals surface area (Å²) in [7, 11) is -2.03. The van der Waals surface area contributed by atoms with Crippen molar-refractivity contribution in [2.45, 2.75) is 11.9 Å². The van der Waals surface area contributed by atoms with E-state index in [0.29, 0.717) is 9.90 Å². The summed E-state index contributed by atoms with van der Waals surface area (Å²) in [6.07, 6.45) is -0.402. The molecular formula is C14H15ClFNO3S2. The van der Waals surface area contributed by atoms with Crippen molar-refractivity contribution in [1.82, 2.24) is 4.72 Å². The molecule has 0 spiro atoms. The number of methoxy groups -OCH3 is 1. The summed E-state index contributed by atoms with van der Waals surface area (Å²) in [6.45, 7) is 0.108. The molecule has 0 saturated heterocycles. The molecule has 1 heterocycles. The molecule has 0 amide bonds. The third-order valence-corrected chi connectivity index (χ3v) is 5.60. The van der Waals surface area contributed by atoms with Gasteiger partial charge in [-0.05, 0) is 29.8 Å². The fourth-order valence-corrected chi connectivity index (χ4v) is 4.13. The monoisotopic (exact) mass is 363 g/mol. The number of benzene rings is 1. The van der Waals surface area contributed by atoms with Crippen molar-refractivity contribution in [3.63, 3.8) is 0 Å². The summed E-state index contributed by atoms with van der Waals surface area (Å²) in [4.78, 5) is 0.844. The molecule has 1 atom stereocenters. The molecule has 0 aliphatic rings. The van der Waals surface area contributed by atoms with Gasteiger partial charge in [-0.2, -0.15) is 0 Å². The van der Waals surface area contributed by atoms with E-state index in [9.17, 15) is 12.8 Å². The molecule has 0 aliphatic carbocycles. The van der Waals surface area contributed by atoms with E-state index in [-0.39, 0.29) is 12.3 Å². The van der Waals surface area contributed by atoms with Crippen LogP contribution in [0.2, 0.25) is 4.34 Å². The smallest absolute Gasteiger partial charge is 0.215 e. The van der Waals surface area contributed by atoms with Crippen molar-refractivity contribution in [3.05, 3.63) is 57.0 Å². The lowest BCUT2D eigenvalue weighted by Crippen LogP contribution is -2.30. The second kappa shape index (κ2) is 7.52. The summed E-state index contributed by atoms with van der Waals surface area (Å²) >= 11 is 7.21. The first kappa shape index (κ1) is 17.4. The number of thiophene rings is 1. The Bertz CT molecular complexity index is 716. The van der Waals surface area contributed by atoms with Gasteiger partial charge in [0.25, 0.3) is 0 Å². The highest BCUT2D eigenvalue weighted by Gasteiger charge is 2.18. The van der Waals surface area contributed by atoms with Crippen LogP contribution in [-0.4, -0.2) is 22.1 Å². The van der Waals surface area contributed by atoms with E-state index in [1.165, 1.54) is 42.7 Å². The van der Waals surface area contributed by atoms with Crippen molar-refractivity contribution in [1.29, 1.82) is 0 Å². The van der Waals surface area contributed by atoms with Gasteiger partial charge in [0.15, 0.2) is 0 Å². The van der Waals surface area contributed by atoms with Crippen molar-refractivity contribution >= 4 is 33.0 Å². The second-order valence-electron chi connectivity index (χ2n) is 4.60. The van der Waals surface area contributed by atoms with Gasteiger partial charge in [-0.15, -0.1) is 11.3 Å². The molecule has 8 heteroatoms. The van der Waals surface area contributed by atoms with E-state index in [1.54, 1.807) is 12.1 Å². The summed E-state index contributed by atoms with van der Waals surface area (Å²) in [5.74, 6) is -0.613. The van der Waals surface area contributed by atoms with Crippen LogP contribution in [0.5, 0.6) is 0 Å². The fourth-order valence-electron chi connectivity index (χ4n) is 1.86. The van der Waals surface area contributed by atoms with Gasteiger partial charge in [0.1, 0.15) is 11.9 Å². The van der Waals surface area contributed by atoms with Gasteiger partial charge < -0.3 is 4.74 Å². The van der Waals surface area contributed by atoms with Crippen LogP contribution < -0.4 is 4.72 Å². The zero-order valence-electron chi connectivity index (χ0n) is 11.8. The minimum absolute atomic E-state index is 0.108. The molecule has 2 aromatic rings. The highest BCUT2D eigenvalue weighted by molar-refractivity contribution is 7.88. The molecule has 22 heavy (non-hydrogen) atoms. The van der Waals surface area contributed by atoms with Gasteiger partial charge in [0.05, 0.1) is 10.1 Å². The van der Waals surface area contributed by atoms with Crippen LogP contribution in [0.4, 0.5) is 4.39 Å². The number of nitrogens with one attached hydrogen (secondary N) is 1. The zero-order chi connectivity index (χ0) is 16.2. The topological polar surface area (TPSA) is 55.4 Å². The zero-order valence-corrected chi connectivity index (χ0v) is 14.1. The van der Waals surface area contributed by atoms with Gasteiger partial charge in [-0.3, -0.25) is 0 Å². The summed E-state index contributed by atoms with van der Waals surface area (Å²) in [5.41, 5.74) is 0.516. The number of halogens is 2. The largest absolute Gasteiger partial charge is 0.375 e. The highest BCUT2D eigenvalue weighted by atomic mass is 35.5. The molecule has 1 unspecified atom stereocenters. The molecular weight excluding hydrogens is 349 g/mol. The van der Waals surface area contributed by atoms with Gasteiger partial charge >= 0.3 is 0 Å². The number of ether oxygens (including phenoxy) is 1. The lowest BCUT2D eigenvalue weighted by Gasteiger charge is -2.14. The number of hydrogen-bond donors (Lipinski definition) is 1. The van der Waals surface area contributed by atoms with Gasteiger partial charge in [-0.1, -0.05) is 23.7 Å². The summed E-state index contributed by atoms with van der Waals surface area (Å²) in [5, 5.41) is 0. The van der Waals surface area contributed by atoms with E-state index >= 15 is 0 Å². The molecule has 4 nitrogen and oxygen atoms in total. The van der Waals surface area contributed by atoms with E-state index < -0.39 is 21.9 Å². The Balaban J connectivity index is 1.97. The Morgan fingerprint density at radius 1 is 1.27 bits per heavy atom. The first-order chi connectivity index (χ1) is 10.4. The molecule has 0 fully saturated rings. The van der Waals surface area contributed by atoms with Crippen molar-refractivity contribution < 1.29 is 17.5 Å². The highest BCUT2D eigenvalue weighted by Crippen LogP contribution is 2.28. The predicted octanol–water partition coefficient (Wildman–Crippen LogP) is 3.35. The van der Waals surface area contributed by atoms with Crippen LogP contribution in [0, 0.1) is 5.82 Å². The molecule has 0 aliphatic heterocycles. The van der Waals surface area contributed by atoms with Gasteiger partial charge in [0.2, 0.25) is 10.0 Å². The Labute approximate surface area is 137 Å². The molecule has 0 saturated carbocycles. The van der Waals surface area contributed by atoms with Crippen LogP contribution in [0.25, 0.3) is 0 Å². The molecule has 1 N–H and O–H groups in total. The van der Waals surface area contributed by atoms with Crippen LogP contribution in [0.1, 0.15) is 16.5 Å². The predicted molar refractivity (Wildman–Crippen MR) is 86.1 cm³/mol. The van der Waals surface area contributed by atoms with Gasteiger partial charge in [0, 0.05) is 18.5 Å². The van der Waals surface area contributed by atoms with Crippen LogP contribution in [0.15, 0.2) is 36.4 Å². The standard InChI is InChI=1S/C14H15ClFNO3S2/c1-20-12(13-6-7-14(15)21-13)8-17-22(18,19)9-10-2-4-11(16)5-3-10/h2-7,12,17H,8-9H2,1H3. The summed E-state index contributed by atoms with van der Waals surface area (Å²) < 4.78 is 45.3. The van der Waals surface area contributed by atoms with Crippen molar-refractivity contribution in [2.75, 3.05) is 13.7 Å². The Kier molecular flexibility index (Phi) is 5.94. The van der Waals surface area contributed by atoms with Crippen LogP contribution >= 0.6 is 22.9 Å². The fraction of sp³-hybridized carbons (Fsp3) is 0.286. The maximum absolute atomic E-state index is 12.8. The van der Waals surface area contributed by atoms with Crippen LogP contribution in [-0.2, 0) is 20.5 Å². The van der Waals surface area contributed by atoms with Crippen molar-refractivity contribution in [3.8, 4) is 0 Å². The molecule has 1 aromatic carbocycles. The minimum Gasteiger partial charge on any atom is -0.375 e. The SMILES string of the molecule is COC(CNS(=O)(=O)Cc1ccc(F)cc1)c1ccc(Cl)s1. The molecule has 1 aromatic heterocycles. The average molecular weight is 364 g/mol. The van der Waals surface area contributed by atoms with Crippen molar-refractivity contribution in [2.24, 2.45) is 0 Å². The first-order valence-corrected chi connectivity index (χ1v) is 9.24. The average Bonchev–Trinajstić information content (AvgIpc) is 2.88. The maximum atomic E-state index is 12.8. The summed E-state index contributed by atoms with van der Waals surface area (Å²) in [6, 6.07) is 8.89.